The van der Waals surface area contributed by atoms with E-state index in [-0.39, 0.29) is 11.8 Å². The largest absolute Gasteiger partial charge is 0.352 e. The summed E-state index contributed by atoms with van der Waals surface area (Å²) in [7, 11) is 0. The molecule has 2 aromatic rings. The normalized spacial score (nSPS) is 13.7. The summed E-state index contributed by atoms with van der Waals surface area (Å²) >= 11 is 1.63. The molecule has 0 bridgehead atoms. The van der Waals surface area contributed by atoms with Crippen LogP contribution in [0.25, 0.3) is 0 Å². The second kappa shape index (κ2) is 7.28. The second-order valence-corrected chi connectivity index (χ2v) is 6.32. The van der Waals surface area contributed by atoms with Crippen molar-refractivity contribution in [1.82, 2.24) is 10.3 Å². The first-order chi connectivity index (χ1) is 11.2. The molecule has 3 rings (SSSR count). The van der Waals surface area contributed by atoms with Crippen molar-refractivity contribution in [3.63, 3.8) is 0 Å². The Labute approximate surface area is 138 Å². The number of aromatic nitrogens is 1. The number of hydrogen-bond donors (Lipinski definition) is 2. The smallest absolute Gasteiger partial charge is 0.251 e. The molecule has 1 aromatic heterocycles. The van der Waals surface area contributed by atoms with Gasteiger partial charge in [0.05, 0.1) is 5.69 Å². The number of pyridine rings is 1. The number of hydrogen-bond acceptors (Lipinski definition) is 4. The molecule has 1 aliphatic rings. The third-order valence-electron chi connectivity index (χ3n) is 3.50. The van der Waals surface area contributed by atoms with Gasteiger partial charge in [0.2, 0.25) is 5.91 Å². The summed E-state index contributed by atoms with van der Waals surface area (Å²) < 4.78 is 0. The van der Waals surface area contributed by atoms with Crippen molar-refractivity contribution in [2.75, 3.05) is 17.6 Å². The molecule has 0 fully saturated rings. The summed E-state index contributed by atoms with van der Waals surface area (Å²) in [5, 5.41) is 5.73. The molecule has 118 valence electrons. The van der Waals surface area contributed by atoms with Gasteiger partial charge in [-0.2, -0.15) is 0 Å². The highest BCUT2D eigenvalue weighted by molar-refractivity contribution is 7.99. The highest BCUT2D eigenvalue weighted by Crippen LogP contribution is 2.31. The maximum Gasteiger partial charge on any atom is 0.251 e. The van der Waals surface area contributed by atoms with Gasteiger partial charge in [-0.25, -0.2) is 0 Å². The number of carbonyl (C=O) groups is 2. The van der Waals surface area contributed by atoms with Crippen LogP contribution in [-0.4, -0.2) is 29.1 Å². The highest BCUT2D eigenvalue weighted by atomic mass is 32.2. The van der Waals surface area contributed by atoms with Crippen molar-refractivity contribution < 1.29 is 9.59 Å². The lowest BCUT2D eigenvalue weighted by atomic mass is 10.1. The Hall–Kier alpha value is -2.34. The van der Waals surface area contributed by atoms with E-state index in [1.54, 1.807) is 30.1 Å². The van der Waals surface area contributed by atoms with E-state index in [9.17, 15) is 9.59 Å². The zero-order valence-electron chi connectivity index (χ0n) is 12.5. The number of anilines is 1. The van der Waals surface area contributed by atoms with Crippen molar-refractivity contribution in [3.05, 3.63) is 53.9 Å². The van der Waals surface area contributed by atoms with Crippen LogP contribution in [0.5, 0.6) is 0 Å². The lowest BCUT2D eigenvalue weighted by Gasteiger charge is -2.09. The first kappa shape index (κ1) is 15.6. The molecule has 0 atom stereocenters. The summed E-state index contributed by atoms with van der Waals surface area (Å²) in [5.74, 6) is 0.602. The molecule has 2 N–H and O–H groups in total. The average molecular weight is 327 g/mol. The number of thioether (sulfide) groups is 1. The Morgan fingerprint density at radius 3 is 3.04 bits per heavy atom. The van der Waals surface area contributed by atoms with Crippen molar-refractivity contribution in [3.8, 4) is 0 Å². The zero-order valence-corrected chi connectivity index (χ0v) is 13.4. The summed E-state index contributed by atoms with van der Waals surface area (Å²) in [6, 6.07) is 11.1. The van der Waals surface area contributed by atoms with Gasteiger partial charge >= 0.3 is 0 Å². The van der Waals surface area contributed by atoms with Gasteiger partial charge in [-0.1, -0.05) is 6.07 Å². The van der Waals surface area contributed by atoms with Gasteiger partial charge in [0.25, 0.3) is 5.91 Å². The van der Waals surface area contributed by atoms with E-state index in [4.69, 9.17) is 0 Å². The quantitative estimate of drug-likeness (QED) is 0.905. The van der Waals surface area contributed by atoms with Crippen LogP contribution in [0.3, 0.4) is 0 Å². The molecule has 0 aliphatic carbocycles. The van der Waals surface area contributed by atoms with Gasteiger partial charge in [-0.15, -0.1) is 11.8 Å². The van der Waals surface area contributed by atoms with Crippen LogP contribution in [0.4, 0.5) is 5.69 Å². The van der Waals surface area contributed by atoms with E-state index in [1.165, 1.54) is 0 Å². The SMILES string of the molecule is O=C1CCSc2ccc(C(=O)NCCc3ccccn3)cc2N1. The first-order valence-corrected chi connectivity index (χ1v) is 8.46. The van der Waals surface area contributed by atoms with Crippen LogP contribution < -0.4 is 10.6 Å². The minimum Gasteiger partial charge on any atom is -0.352 e. The number of rotatable bonds is 4. The predicted octanol–water partition coefficient (Wildman–Crippen LogP) is 2.49. The number of fused-ring (bicyclic) bond motifs is 1. The third kappa shape index (κ3) is 4.10. The standard InChI is InChI=1S/C17H17N3O2S/c21-16-7-10-23-15-5-4-12(11-14(15)20-16)17(22)19-9-6-13-3-1-2-8-18-13/h1-5,8,11H,6-7,9-10H2,(H,19,22)(H,20,21). The van der Waals surface area contributed by atoms with Crippen LogP contribution in [0.1, 0.15) is 22.5 Å². The Balaban J connectivity index is 1.62. The molecule has 1 aliphatic heterocycles. The molecule has 0 spiro atoms. The molecule has 0 saturated carbocycles. The average Bonchev–Trinajstić information content (AvgIpc) is 2.75. The fraction of sp³-hybridized carbons (Fsp3) is 0.235. The topological polar surface area (TPSA) is 71.1 Å². The fourth-order valence-electron chi connectivity index (χ4n) is 2.31. The Kier molecular flexibility index (Phi) is 4.92. The summed E-state index contributed by atoms with van der Waals surface area (Å²) in [5.41, 5.74) is 2.21. The van der Waals surface area contributed by atoms with Crippen LogP contribution in [-0.2, 0) is 11.2 Å². The summed E-state index contributed by atoms with van der Waals surface area (Å²) in [6.07, 6.45) is 2.92. The van der Waals surface area contributed by atoms with Crippen LogP contribution in [0.15, 0.2) is 47.5 Å². The Bertz CT molecular complexity index is 719. The second-order valence-electron chi connectivity index (χ2n) is 5.18. The van der Waals surface area contributed by atoms with E-state index in [0.717, 1.165) is 22.0 Å². The van der Waals surface area contributed by atoms with Crippen LogP contribution in [0.2, 0.25) is 0 Å². The summed E-state index contributed by atoms with van der Waals surface area (Å²) in [6.45, 7) is 0.522. The first-order valence-electron chi connectivity index (χ1n) is 7.47. The number of amides is 2. The van der Waals surface area contributed by atoms with Gasteiger partial charge in [0.1, 0.15) is 0 Å². The maximum absolute atomic E-state index is 12.2. The van der Waals surface area contributed by atoms with Crippen LogP contribution >= 0.6 is 11.8 Å². The molecule has 1 aromatic carbocycles. The monoisotopic (exact) mass is 327 g/mol. The molecule has 6 heteroatoms. The molecular weight excluding hydrogens is 310 g/mol. The van der Waals surface area contributed by atoms with Crippen LogP contribution in [0, 0.1) is 0 Å². The number of nitrogens with one attached hydrogen (secondary N) is 2. The van der Waals surface area contributed by atoms with Gasteiger partial charge in [0.15, 0.2) is 0 Å². The Morgan fingerprint density at radius 1 is 1.30 bits per heavy atom. The third-order valence-corrected chi connectivity index (χ3v) is 4.57. The van der Waals surface area contributed by atoms with Gasteiger partial charge in [-0.05, 0) is 30.3 Å². The lowest BCUT2D eigenvalue weighted by molar-refractivity contribution is -0.115. The van der Waals surface area contributed by atoms with Crippen molar-refractivity contribution in [2.24, 2.45) is 0 Å². The van der Waals surface area contributed by atoms with Gasteiger partial charge in [0, 0.05) is 47.5 Å². The Morgan fingerprint density at radius 2 is 2.22 bits per heavy atom. The van der Waals surface area contributed by atoms with Crippen molar-refractivity contribution in [1.29, 1.82) is 0 Å². The molecule has 2 heterocycles. The lowest BCUT2D eigenvalue weighted by Crippen LogP contribution is -2.26. The number of carbonyl (C=O) groups excluding carboxylic acids is 2. The molecular formula is C17H17N3O2S. The van der Waals surface area contributed by atoms with E-state index >= 15 is 0 Å². The molecule has 5 nitrogen and oxygen atoms in total. The fourth-order valence-corrected chi connectivity index (χ4v) is 3.25. The molecule has 23 heavy (non-hydrogen) atoms. The minimum atomic E-state index is -0.146. The zero-order chi connectivity index (χ0) is 16.1. The van der Waals surface area contributed by atoms with E-state index in [0.29, 0.717) is 24.9 Å². The van der Waals surface area contributed by atoms with Gasteiger partial charge < -0.3 is 10.6 Å². The summed E-state index contributed by atoms with van der Waals surface area (Å²) in [4.78, 5) is 29.1. The predicted molar refractivity (Wildman–Crippen MR) is 90.7 cm³/mol. The van der Waals surface area contributed by atoms with E-state index in [2.05, 4.69) is 15.6 Å². The van der Waals surface area contributed by atoms with Gasteiger partial charge in [-0.3, -0.25) is 14.6 Å². The number of nitrogens with zero attached hydrogens (tertiary/aromatic N) is 1. The highest BCUT2D eigenvalue weighted by Gasteiger charge is 2.15. The molecule has 0 unspecified atom stereocenters. The van der Waals surface area contributed by atoms with E-state index < -0.39 is 0 Å². The molecule has 0 radical (unpaired) electrons. The van der Waals surface area contributed by atoms with Crippen molar-refractivity contribution >= 4 is 29.3 Å². The molecule has 2 amide bonds. The maximum atomic E-state index is 12.2. The molecule has 0 saturated heterocycles. The number of benzene rings is 1. The van der Waals surface area contributed by atoms with Crippen molar-refractivity contribution in [2.45, 2.75) is 17.7 Å². The minimum absolute atomic E-state index is 0.0102. The van der Waals surface area contributed by atoms with E-state index in [1.807, 2.05) is 24.3 Å².